The Morgan fingerprint density at radius 2 is 2.37 bits per heavy atom. The van der Waals surface area contributed by atoms with Gasteiger partial charge in [0, 0.05) is 38.0 Å². The van der Waals surface area contributed by atoms with Gasteiger partial charge in [-0.3, -0.25) is 9.48 Å². The van der Waals surface area contributed by atoms with Gasteiger partial charge in [-0.05, 0) is 25.1 Å². The van der Waals surface area contributed by atoms with E-state index in [1.807, 2.05) is 14.0 Å². The van der Waals surface area contributed by atoms with Crippen molar-refractivity contribution in [2.24, 2.45) is 7.05 Å². The Labute approximate surface area is 112 Å². The average Bonchev–Trinajstić information content (AvgIpc) is 3.01. The van der Waals surface area contributed by atoms with Crippen molar-refractivity contribution < 1.29 is 9.21 Å². The average molecular weight is 259 g/mol. The summed E-state index contributed by atoms with van der Waals surface area (Å²) in [5.41, 5.74) is 2.11. The second-order valence-electron chi connectivity index (χ2n) is 4.42. The molecule has 100 valence electrons. The van der Waals surface area contributed by atoms with Crippen molar-refractivity contribution >= 4 is 12.0 Å². The molecular formula is C14H17N3O2. The van der Waals surface area contributed by atoms with E-state index in [-0.39, 0.29) is 5.91 Å². The molecule has 19 heavy (non-hydrogen) atoms. The maximum absolute atomic E-state index is 11.9. The molecule has 0 N–H and O–H groups in total. The maximum atomic E-state index is 11.9. The van der Waals surface area contributed by atoms with Crippen LogP contribution in [0.4, 0.5) is 0 Å². The van der Waals surface area contributed by atoms with Crippen molar-refractivity contribution in [1.82, 2.24) is 14.7 Å². The maximum Gasteiger partial charge on any atom is 0.246 e. The fourth-order valence-corrected chi connectivity index (χ4v) is 1.70. The first-order chi connectivity index (χ1) is 9.08. The topological polar surface area (TPSA) is 51.3 Å². The number of likely N-dealkylation sites (N-methyl/N-ethyl adjacent to an activating group) is 1. The van der Waals surface area contributed by atoms with E-state index in [4.69, 9.17) is 4.42 Å². The Morgan fingerprint density at radius 1 is 1.58 bits per heavy atom. The number of hydrogen-bond donors (Lipinski definition) is 0. The van der Waals surface area contributed by atoms with Crippen LogP contribution in [-0.4, -0.2) is 27.6 Å². The second kappa shape index (κ2) is 5.56. The lowest BCUT2D eigenvalue weighted by molar-refractivity contribution is -0.125. The van der Waals surface area contributed by atoms with Gasteiger partial charge >= 0.3 is 0 Å². The van der Waals surface area contributed by atoms with Crippen LogP contribution in [0.15, 0.2) is 35.1 Å². The van der Waals surface area contributed by atoms with Crippen LogP contribution >= 0.6 is 0 Å². The first-order valence-corrected chi connectivity index (χ1v) is 6.02. The van der Waals surface area contributed by atoms with Gasteiger partial charge in [-0.1, -0.05) is 0 Å². The summed E-state index contributed by atoms with van der Waals surface area (Å²) in [5, 5.41) is 4.16. The molecule has 5 nitrogen and oxygen atoms in total. The van der Waals surface area contributed by atoms with Crippen LogP contribution in [-0.2, 0) is 18.4 Å². The zero-order valence-corrected chi connectivity index (χ0v) is 11.3. The van der Waals surface area contributed by atoms with Crippen molar-refractivity contribution in [2.75, 3.05) is 7.05 Å². The van der Waals surface area contributed by atoms with E-state index >= 15 is 0 Å². The van der Waals surface area contributed by atoms with Crippen LogP contribution in [0.25, 0.3) is 6.08 Å². The molecule has 0 unspecified atom stereocenters. The first-order valence-electron chi connectivity index (χ1n) is 6.02. The molecule has 1 amide bonds. The van der Waals surface area contributed by atoms with Crippen LogP contribution < -0.4 is 0 Å². The SMILES string of the molecule is Cc1c(CN(C)C(=O)C=Cc2ccco2)cnn1C. The monoisotopic (exact) mass is 259 g/mol. The zero-order valence-electron chi connectivity index (χ0n) is 11.3. The molecule has 2 aromatic heterocycles. The lowest BCUT2D eigenvalue weighted by atomic mass is 10.2. The Hall–Kier alpha value is -2.30. The largest absolute Gasteiger partial charge is 0.465 e. The highest BCUT2D eigenvalue weighted by atomic mass is 16.3. The van der Waals surface area contributed by atoms with E-state index in [1.54, 1.807) is 47.3 Å². The molecule has 0 aliphatic carbocycles. The minimum atomic E-state index is -0.0698. The molecule has 0 saturated heterocycles. The summed E-state index contributed by atoms with van der Waals surface area (Å²) in [5.74, 6) is 0.596. The van der Waals surface area contributed by atoms with Gasteiger partial charge in [0.25, 0.3) is 0 Å². The van der Waals surface area contributed by atoms with Gasteiger partial charge in [-0.15, -0.1) is 0 Å². The highest BCUT2D eigenvalue weighted by Crippen LogP contribution is 2.09. The van der Waals surface area contributed by atoms with Crippen molar-refractivity contribution in [1.29, 1.82) is 0 Å². The first kappa shape index (κ1) is 13.1. The highest BCUT2D eigenvalue weighted by molar-refractivity contribution is 5.91. The Morgan fingerprint density at radius 3 is 2.95 bits per heavy atom. The number of carbonyl (C=O) groups excluding carboxylic acids is 1. The van der Waals surface area contributed by atoms with Crippen LogP contribution in [0.2, 0.25) is 0 Å². The molecule has 0 aliphatic rings. The van der Waals surface area contributed by atoms with Gasteiger partial charge in [0.05, 0.1) is 12.5 Å². The third kappa shape index (κ3) is 3.13. The van der Waals surface area contributed by atoms with Gasteiger partial charge in [-0.25, -0.2) is 0 Å². The summed E-state index contributed by atoms with van der Waals surface area (Å²) >= 11 is 0. The normalized spacial score (nSPS) is 11.1. The molecule has 2 aromatic rings. The fraction of sp³-hybridized carbons (Fsp3) is 0.286. The van der Waals surface area contributed by atoms with Gasteiger partial charge in [0.1, 0.15) is 5.76 Å². The van der Waals surface area contributed by atoms with Crippen molar-refractivity contribution in [2.45, 2.75) is 13.5 Å². The quantitative estimate of drug-likeness (QED) is 0.789. The minimum absolute atomic E-state index is 0.0698. The number of aromatic nitrogens is 2. The van der Waals surface area contributed by atoms with E-state index in [1.165, 1.54) is 6.08 Å². The molecule has 0 aliphatic heterocycles. The third-order valence-electron chi connectivity index (χ3n) is 3.05. The van der Waals surface area contributed by atoms with Gasteiger partial charge in [0.15, 0.2) is 0 Å². The molecule has 0 aromatic carbocycles. The van der Waals surface area contributed by atoms with Crippen LogP contribution in [0, 0.1) is 6.92 Å². The fourth-order valence-electron chi connectivity index (χ4n) is 1.70. The number of nitrogens with zero attached hydrogens (tertiary/aromatic N) is 3. The predicted molar refractivity (Wildman–Crippen MR) is 72.2 cm³/mol. The number of carbonyl (C=O) groups is 1. The molecule has 5 heteroatoms. The summed E-state index contributed by atoms with van der Waals surface area (Å²) in [6, 6.07) is 3.59. The second-order valence-corrected chi connectivity index (χ2v) is 4.42. The number of rotatable bonds is 4. The van der Waals surface area contributed by atoms with E-state index in [0.29, 0.717) is 12.3 Å². The van der Waals surface area contributed by atoms with Gasteiger partial charge < -0.3 is 9.32 Å². The lowest BCUT2D eigenvalue weighted by Gasteiger charge is -2.14. The number of aryl methyl sites for hydroxylation is 1. The Bertz CT molecular complexity index is 582. The molecule has 0 bridgehead atoms. The summed E-state index contributed by atoms with van der Waals surface area (Å²) in [4.78, 5) is 13.6. The zero-order chi connectivity index (χ0) is 13.8. The molecule has 2 rings (SSSR count). The highest BCUT2D eigenvalue weighted by Gasteiger charge is 2.10. The summed E-state index contributed by atoms with van der Waals surface area (Å²) in [6.07, 6.45) is 6.53. The van der Waals surface area contributed by atoms with Gasteiger partial charge in [0.2, 0.25) is 5.91 Å². The molecular weight excluding hydrogens is 242 g/mol. The minimum Gasteiger partial charge on any atom is -0.465 e. The summed E-state index contributed by atoms with van der Waals surface area (Å²) < 4.78 is 6.93. The summed E-state index contributed by atoms with van der Waals surface area (Å²) in [7, 11) is 3.65. The van der Waals surface area contributed by atoms with Crippen molar-refractivity contribution in [3.63, 3.8) is 0 Å². The Kier molecular flexibility index (Phi) is 3.85. The molecule has 0 spiro atoms. The number of hydrogen-bond acceptors (Lipinski definition) is 3. The van der Waals surface area contributed by atoms with E-state index < -0.39 is 0 Å². The molecule has 0 atom stereocenters. The van der Waals surface area contributed by atoms with E-state index in [2.05, 4.69) is 5.10 Å². The molecule has 0 radical (unpaired) electrons. The Balaban J connectivity index is 1.98. The molecule has 0 fully saturated rings. The van der Waals surface area contributed by atoms with Crippen LogP contribution in [0.5, 0.6) is 0 Å². The molecule has 2 heterocycles. The smallest absolute Gasteiger partial charge is 0.246 e. The predicted octanol–water partition coefficient (Wildman–Crippen LogP) is 1.99. The number of furan rings is 1. The number of amides is 1. The standard InChI is InChI=1S/C14H17N3O2/c1-11-12(9-15-17(11)3)10-16(2)14(18)7-6-13-5-4-8-19-13/h4-9H,10H2,1-3H3. The van der Waals surface area contributed by atoms with Crippen LogP contribution in [0.1, 0.15) is 17.0 Å². The summed E-state index contributed by atoms with van der Waals surface area (Å²) in [6.45, 7) is 2.53. The lowest BCUT2D eigenvalue weighted by Crippen LogP contribution is -2.24. The van der Waals surface area contributed by atoms with E-state index in [0.717, 1.165) is 11.3 Å². The van der Waals surface area contributed by atoms with Crippen molar-refractivity contribution in [3.05, 3.63) is 47.7 Å². The van der Waals surface area contributed by atoms with Crippen molar-refractivity contribution in [3.8, 4) is 0 Å². The molecule has 0 saturated carbocycles. The van der Waals surface area contributed by atoms with E-state index in [9.17, 15) is 4.79 Å². The third-order valence-corrected chi connectivity index (χ3v) is 3.05. The van der Waals surface area contributed by atoms with Gasteiger partial charge in [-0.2, -0.15) is 5.10 Å². The van der Waals surface area contributed by atoms with Crippen LogP contribution in [0.3, 0.4) is 0 Å².